The van der Waals surface area contributed by atoms with E-state index in [1.54, 1.807) is 0 Å². The molecule has 0 aromatic carbocycles. The van der Waals surface area contributed by atoms with Crippen LogP contribution in [-0.4, -0.2) is 8.11 Å². The van der Waals surface area contributed by atoms with Crippen molar-refractivity contribution in [2.45, 2.75) is 50.1 Å². The van der Waals surface area contributed by atoms with Crippen molar-refractivity contribution >= 4 is 19.2 Å². The van der Waals surface area contributed by atoms with Gasteiger partial charge in [-0.3, -0.25) is 0 Å². The Morgan fingerprint density at radius 1 is 1.33 bits per heavy atom. The van der Waals surface area contributed by atoms with Crippen molar-refractivity contribution in [3.05, 3.63) is 24.3 Å². The van der Waals surface area contributed by atoms with Crippen LogP contribution in [0, 0.1) is 5.92 Å². The van der Waals surface area contributed by atoms with Crippen molar-refractivity contribution in [3.8, 4) is 0 Å². The Balaban J connectivity index is 1.91. The molecule has 0 N–H and O–H groups in total. The molecule has 15 heavy (non-hydrogen) atoms. The average Bonchev–Trinajstić information content (AvgIpc) is 2.71. The lowest BCUT2D eigenvalue weighted by atomic mass is 10.0. The minimum atomic E-state index is -0.738. The summed E-state index contributed by atoms with van der Waals surface area (Å²) in [6.07, 6.45) is 15.8. The van der Waals surface area contributed by atoms with Gasteiger partial charge in [-0.2, -0.15) is 11.1 Å². The van der Waals surface area contributed by atoms with Crippen LogP contribution in [0.2, 0.25) is 11.1 Å². The molecule has 2 heteroatoms. The fourth-order valence-corrected chi connectivity index (χ4v) is 5.70. The van der Waals surface area contributed by atoms with Gasteiger partial charge in [0.05, 0.1) is 0 Å². The Morgan fingerprint density at radius 3 is 2.67 bits per heavy atom. The molecule has 2 aliphatic rings. The maximum absolute atomic E-state index is 6.70. The van der Waals surface area contributed by atoms with Crippen LogP contribution in [0.1, 0.15) is 39.0 Å². The van der Waals surface area contributed by atoms with Crippen LogP contribution in [0.3, 0.4) is 0 Å². The lowest BCUT2D eigenvalue weighted by molar-refractivity contribution is 0.595. The number of rotatable bonds is 3. The van der Waals surface area contributed by atoms with Gasteiger partial charge in [-0.25, -0.2) is 0 Å². The number of halogens is 1. The van der Waals surface area contributed by atoms with Crippen molar-refractivity contribution in [1.82, 2.24) is 0 Å². The Morgan fingerprint density at radius 2 is 2.07 bits per heavy atom. The topological polar surface area (TPSA) is 0 Å². The third-order valence-corrected chi connectivity index (χ3v) is 8.12. The molecule has 0 spiro atoms. The first-order valence-corrected chi connectivity index (χ1v) is 8.79. The number of allylic oxidation sites excluding steroid dienone is 4. The van der Waals surface area contributed by atoms with Crippen molar-refractivity contribution < 1.29 is 0 Å². The highest BCUT2D eigenvalue weighted by Crippen LogP contribution is 2.44. The second-order valence-corrected chi connectivity index (χ2v) is 8.90. The molecule has 0 amide bonds. The average molecular weight is 240 g/mol. The standard InChI is InChI=1S/C13H20ClSi/c1-13(9-5-2-6-10-13)15(14)11-12-7-3-4-8-12/h2,5-6,9,12H,3-4,7-8,10-11H2,1H3. The predicted octanol–water partition coefficient (Wildman–Crippen LogP) is 4.68. The maximum Gasteiger partial charge on any atom is 0.176 e. The predicted molar refractivity (Wildman–Crippen MR) is 69.6 cm³/mol. The molecule has 1 radical (unpaired) electrons. The van der Waals surface area contributed by atoms with Crippen LogP contribution in [-0.2, 0) is 0 Å². The first-order valence-electron chi connectivity index (χ1n) is 6.07. The summed E-state index contributed by atoms with van der Waals surface area (Å²) in [7, 11) is -0.738. The van der Waals surface area contributed by atoms with Crippen molar-refractivity contribution in [3.63, 3.8) is 0 Å². The largest absolute Gasteiger partial charge is 0.176 e. The Kier molecular flexibility index (Phi) is 3.73. The zero-order valence-electron chi connectivity index (χ0n) is 9.51. The molecule has 83 valence electrons. The Bertz CT molecular complexity index is 266. The van der Waals surface area contributed by atoms with Gasteiger partial charge >= 0.3 is 0 Å². The SMILES string of the molecule is CC1([Si](Cl)CC2CCCC2)C=CC=CC1. The van der Waals surface area contributed by atoms with E-state index >= 15 is 0 Å². The van der Waals surface area contributed by atoms with E-state index < -0.39 is 8.11 Å². The number of hydrogen-bond donors (Lipinski definition) is 0. The van der Waals surface area contributed by atoms with E-state index in [-0.39, 0.29) is 0 Å². The fourth-order valence-electron chi connectivity index (χ4n) is 2.63. The van der Waals surface area contributed by atoms with Gasteiger partial charge in [0, 0.05) is 0 Å². The van der Waals surface area contributed by atoms with Crippen LogP contribution >= 0.6 is 11.1 Å². The summed E-state index contributed by atoms with van der Waals surface area (Å²) in [6, 6.07) is 1.31. The van der Waals surface area contributed by atoms with E-state index in [9.17, 15) is 0 Å². The maximum atomic E-state index is 6.70. The van der Waals surface area contributed by atoms with Gasteiger partial charge in [-0.15, -0.1) is 0 Å². The van der Waals surface area contributed by atoms with E-state index in [0.29, 0.717) is 5.04 Å². The molecular formula is C13H20ClSi. The highest BCUT2D eigenvalue weighted by Gasteiger charge is 2.34. The van der Waals surface area contributed by atoms with E-state index in [4.69, 9.17) is 11.1 Å². The number of hydrogen-bond acceptors (Lipinski definition) is 0. The smallest absolute Gasteiger partial charge is 0.168 e. The van der Waals surface area contributed by atoms with Gasteiger partial charge in [0.15, 0.2) is 8.11 Å². The van der Waals surface area contributed by atoms with Crippen LogP contribution in [0.5, 0.6) is 0 Å². The molecule has 0 aromatic rings. The van der Waals surface area contributed by atoms with Crippen LogP contribution in [0.15, 0.2) is 24.3 Å². The zero-order chi connectivity index (χ0) is 10.7. The molecule has 1 atom stereocenters. The van der Waals surface area contributed by atoms with Gasteiger partial charge < -0.3 is 0 Å². The van der Waals surface area contributed by atoms with E-state index in [1.165, 1.54) is 31.7 Å². The van der Waals surface area contributed by atoms with Crippen molar-refractivity contribution in [2.24, 2.45) is 5.92 Å². The van der Waals surface area contributed by atoms with Gasteiger partial charge in [-0.05, 0) is 23.4 Å². The molecule has 1 saturated carbocycles. The minimum absolute atomic E-state index is 0.295. The first kappa shape index (κ1) is 11.5. The minimum Gasteiger partial charge on any atom is -0.168 e. The molecule has 0 aromatic heterocycles. The summed E-state index contributed by atoms with van der Waals surface area (Å²) >= 11 is 6.70. The quantitative estimate of drug-likeness (QED) is 0.496. The first-order chi connectivity index (χ1) is 7.21. The van der Waals surface area contributed by atoms with Gasteiger partial charge in [0.1, 0.15) is 0 Å². The highest BCUT2D eigenvalue weighted by atomic mass is 35.6. The van der Waals surface area contributed by atoms with Gasteiger partial charge in [0.2, 0.25) is 0 Å². The second-order valence-electron chi connectivity index (χ2n) is 5.17. The molecule has 1 fully saturated rings. The summed E-state index contributed by atoms with van der Waals surface area (Å²) in [6.45, 7) is 2.34. The van der Waals surface area contributed by atoms with Crippen LogP contribution in [0.4, 0.5) is 0 Å². The lowest BCUT2D eigenvalue weighted by Crippen LogP contribution is -2.26. The zero-order valence-corrected chi connectivity index (χ0v) is 11.3. The summed E-state index contributed by atoms with van der Waals surface area (Å²) < 4.78 is 0. The van der Waals surface area contributed by atoms with Crippen LogP contribution in [0.25, 0.3) is 0 Å². The second kappa shape index (κ2) is 4.88. The third-order valence-electron chi connectivity index (χ3n) is 3.82. The normalized spacial score (nSPS) is 31.7. The Hall–Kier alpha value is -0.0131. The lowest BCUT2D eigenvalue weighted by Gasteiger charge is -2.31. The molecule has 0 bridgehead atoms. The monoisotopic (exact) mass is 239 g/mol. The summed E-state index contributed by atoms with van der Waals surface area (Å²) in [5.74, 6) is 0.938. The third kappa shape index (κ3) is 2.76. The molecule has 0 aliphatic heterocycles. The summed E-state index contributed by atoms with van der Waals surface area (Å²) in [5.41, 5.74) is 0. The van der Waals surface area contributed by atoms with E-state index in [2.05, 4.69) is 31.2 Å². The summed E-state index contributed by atoms with van der Waals surface area (Å²) in [5, 5.41) is 0.295. The Labute approximate surface area is 99.7 Å². The molecule has 0 saturated heterocycles. The molecule has 0 nitrogen and oxygen atoms in total. The summed E-state index contributed by atoms with van der Waals surface area (Å²) in [4.78, 5) is 0. The van der Waals surface area contributed by atoms with E-state index in [0.717, 1.165) is 12.3 Å². The molecular weight excluding hydrogens is 220 g/mol. The highest BCUT2D eigenvalue weighted by molar-refractivity contribution is 7.08. The molecule has 2 aliphatic carbocycles. The van der Waals surface area contributed by atoms with Gasteiger partial charge in [0.25, 0.3) is 0 Å². The van der Waals surface area contributed by atoms with Gasteiger partial charge in [-0.1, -0.05) is 56.9 Å². The van der Waals surface area contributed by atoms with Crippen LogP contribution < -0.4 is 0 Å². The molecule has 2 rings (SSSR count). The van der Waals surface area contributed by atoms with E-state index in [1.807, 2.05) is 0 Å². The van der Waals surface area contributed by atoms with Crippen molar-refractivity contribution in [2.75, 3.05) is 0 Å². The fraction of sp³-hybridized carbons (Fsp3) is 0.692. The molecule has 0 heterocycles. The van der Waals surface area contributed by atoms with Crippen molar-refractivity contribution in [1.29, 1.82) is 0 Å². The molecule has 1 unspecified atom stereocenters.